The van der Waals surface area contributed by atoms with E-state index in [9.17, 15) is 13.2 Å². The Morgan fingerprint density at radius 1 is 1.26 bits per heavy atom. The highest BCUT2D eigenvalue weighted by Gasteiger charge is 2.33. The van der Waals surface area contributed by atoms with Crippen molar-refractivity contribution in [1.82, 2.24) is 29.7 Å². The predicted octanol–water partition coefficient (Wildman–Crippen LogP) is 3.61. The summed E-state index contributed by atoms with van der Waals surface area (Å²) >= 11 is 7.17. The standard InChI is InChI=1S/C19H19ClF3N7O3S/c1-31-8-12-9-32-16-13(33-10-19(21,22)23)2-4-24-15(16)17-27-28-18(30(12)17)29-34-5-3-14-25-6-11(20)7-26-14/h2,4,6-7,12H,3,5,8-10H2,1H3,(H,28,29). The van der Waals surface area contributed by atoms with Crippen LogP contribution in [0.4, 0.5) is 19.1 Å². The number of nitrogens with one attached hydrogen (secondary N) is 1. The fourth-order valence-corrected chi connectivity index (χ4v) is 3.92. The van der Waals surface area contributed by atoms with Gasteiger partial charge in [-0.15, -0.1) is 10.2 Å². The number of pyridine rings is 1. The van der Waals surface area contributed by atoms with E-state index in [1.165, 1.54) is 43.7 Å². The Morgan fingerprint density at radius 3 is 2.79 bits per heavy atom. The summed E-state index contributed by atoms with van der Waals surface area (Å²) in [6.45, 7) is -1.13. The maximum absolute atomic E-state index is 12.7. The van der Waals surface area contributed by atoms with Crippen molar-refractivity contribution in [3.63, 3.8) is 0 Å². The van der Waals surface area contributed by atoms with Crippen LogP contribution >= 0.6 is 23.5 Å². The zero-order valence-electron chi connectivity index (χ0n) is 17.8. The molecule has 1 N–H and O–H groups in total. The highest BCUT2D eigenvalue weighted by Crippen LogP contribution is 2.41. The van der Waals surface area contributed by atoms with E-state index in [0.717, 1.165) is 0 Å². The fraction of sp³-hybridized carbons (Fsp3) is 0.421. The summed E-state index contributed by atoms with van der Waals surface area (Å²) in [6.07, 6.45) is 0.493. The van der Waals surface area contributed by atoms with Crippen LogP contribution in [-0.4, -0.2) is 68.6 Å². The second-order valence-electron chi connectivity index (χ2n) is 7.05. The van der Waals surface area contributed by atoms with E-state index in [4.69, 9.17) is 25.8 Å². The maximum atomic E-state index is 12.7. The van der Waals surface area contributed by atoms with E-state index in [0.29, 0.717) is 34.8 Å². The smallest absolute Gasteiger partial charge is 0.422 e. The molecule has 0 spiro atoms. The number of aromatic nitrogens is 6. The first-order valence-corrected chi connectivity index (χ1v) is 11.3. The molecule has 182 valence electrons. The van der Waals surface area contributed by atoms with Crippen LogP contribution in [0, 0.1) is 0 Å². The van der Waals surface area contributed by atoms with Gasteiger partial charge in [0.2, 0.25) is 5.95 Å². The van der Waals surface area contributed by atoms with Crippen molar-refractivity contribution >= 4 is 29.5 Å². The van der Waals surface area contributed by atoms with Crippen LogP contribution in [0.1, 0.15) is 11.9 Å². The quantitative estimate of drug-likeness (QED) is 0.334. The maximum Gasteiger partial charge on any atom is 0.422 e. The van der Waals surface area contributed by atoms with Crippen LogP contribution in [0.2, 0.25) is 5.02 Å². The molecule has 1 aliphatic heterocycles. The van der Waals surface area contributed by atoms with Crippen molar-refractivity contribution in [3.05, 3.63) is 35.5 Å². The number of rotatable bonds is 9. The summed E-state index contributed by atoms with van der Waals surface area (Å²) in [5, 5.41) is 8.88. The van der Waals surface area contributed by atoms with Gasteiger partial charge in [-0.05, 0) is 11.9 Å². The van der Waals surface area contributed by atoms with Gasteiger partial charge in [0.25, 0.3) is 0 Å². The molecular weight excluding hydrogens is 499 g/mol. The van der Waals surface area contributed by atoms with Crippen LogP contribution in [-0.2, 0) is 11.2 Å². The summed E-state index contributed by atoms with van der Waals surface area (Å²) in [5.74, 6) is 1.99. The molecule has 10 nitrogen and oxygen atoms in total. The molecule has 3 aromatic rings. The van der Waals surface area contributed by atoms with Crippen molar-refractivity contribution in [2.24, 2.45) is 0 Å². The molecule has 15 heteroatoms. The number of anilines is 1. The lowest BCUT2D eigenvalue weighted by molar-refractivity contribution is -0.153. The van der Waals surface area contributed by atoms with Gasteiger partial charge in [-0.1, -0.05) is 11.6 Å². The number of hydrogen-bond donors (Lipinski definition) is 1. The molecule has 1 aliphatic rings. The van der Waals surface area contributed by atoms with Crippen LogP contribution in [0.5, 0.6) is 11.5 Å². The summed E-state index contributed by atoms with van der Waals surface area (Å²) in [6, 6.07) is 0.942. The molecule has 1 unspecified atom stereocenters. The molecule has 0 aromatic carbocycles. The summed E-state index contributed by atoms with van der Waals surface area (Å²) in [5.41, 5.74) is 0.221. The minimum absolute atomic E-state index is 0.0677. The topological polar surface area (TPSA) is 109 Å². The normalized spacial score (nSPS) is 15.1. The minimum atomic E-state index is -4.50. The molecule has 0 saturated heterocycles. The molecule has 0 aliphatic carbocycles. The van der Waals surface area contributed by atoms with Crippen LogP contribution < -0.4 is 14.2 Å². The van der Waals surface area contributed by atoms with Crippen molar-refractivity contribution in [2.45, 2.75) is 18.6 Å². The fourth-order valence-electron chi connectivity index (χ4n) is 3.17. The van der Waals surface area contributed by atoms with Gasteiger partial charge in [0, 0.05) is 43.9 Å². The Balaban J connectivity index is 1.54. The monoisotopic (exact) mass is 517 g/mol. The van der Waals surface area contributed by atoms with Crippen LogP contribution in [0.3, 0.4) is 0 Å². The first-order valence-electron chi connectivity index (χ1n) is 9.95. The van der Waals surface area contributed by atoms with Gasteiger partial charge in [0.05, 0.1) is 17.7 Å². The van der Waals surface area contributed by atoms with E-state index < -0.39 is 12.8 Å². The SMILES string of the molecule is COCC1COc2c(OCC(F)(F)F)ccnc2-c2nnc(NSCCc3ncc(Cl)cn3)n21. The Labute approximate surface area is 201 Å². The highest BCUT2D eigenvalue weighted by atomic mass is 35.5. The highest BCUT2D eigenvalue weighted by molar-refractivity contribution is 8.00. The Hall–Kier alpha value is -2.84. The zero-order chi connectivity index (χ0) is 24.1. The largest absolute Gasteiger partial charge is 0.485 e. The van der Waals surface area contributed by atoms with Gasteiger partial charge in [0.1, 0.15) is 12.4 Å². The molecule has 4 heterocycles. The first kappa shape index (κ1) is 24.3. The van der Waals surface area contributed by atoms with Gasteiger partial charge in [-0.3, -0.25) is 9.29 Å². The second kappa shape index (κ2) is 10.6. The van der Waals surface area contributed by atoms with Crippen molar-refractivity contribution in [3.8, 4) is 23.0 Å². The Morgan fingerprint density at radius 2 is 2.06 bits per heavy atom. The second-order valence-corrected chi connectivity index (χ2v) is 8.38. The number of methoxy groups -OCH3 is 1. The summed E-state index contributed by atoms with van der Waals surface area (Å²) in [4.78, 5) is 12.6. The number of ether oxygens (including phenoxy) is 3. The van der Waals surface area contributed by atoms with E-state index in [1.807, 2.05) is 0 Å². The number of alkyl halides is 3. The Kier molecular flexibility index (Phi) is 7.58. The van der Waals surface area contributed by atoms with E-state index in [-0.39, 0.29) is 36.4 Å². The van der Waals surface area contributed by atoms with Crippen LogP contribution in [0.15, 0.2) is 24.7 Å². The number of aryl methyl sites for hydroxylation is 1. The lowest BCUT2D eigenvalue weighted by Crippen LogP contribution is -2.22. The first-order chi connectivity index (χ1) is 16.4. The number of halogens is 4. The third kappa shape index (κ3) is 5.80. The average molecular weight is 518 g/mol. The van der Waals surface area contributed by atoms with Crippen LogP contribution in [0.25, 0.3) is 11.5 Å². The number of fused-ring (bicyclic) bond motifs is 3. The molecule has 3 aromatic heterocycles. The van der Waals surface area contributed by atoms with Crippen molar-refractivity contribution in [2.75, 3.05) is 37.4 Å². The minimum Gasteiger partial charge on any atom is -0.485 e. The Bertz CT molecular complexity index is 1120. The number of hydrogen-bond acceptors (Lipinski definition) is 10. The third-order valence-electron chi connectivity index (χ3n) is 4.58. The van der Waals surface area contributed by atoms with E-state index in [2.05, 4.69) is 29.9 Å². The molecular formula is C19H19ClF3N7O3S. The molecule has 0 saturated carbocycles. The van der Waals surface area contributed by atoms with E-state index in [1.54, 1.807) is 4.57 Å². The van der Waals surface area contributed by atoms with Gasteiger partial charge < -0.3 is 14.2 Å². The molecule has 0 bridgehead atoms. The molecule has 4 rings (SSSR count). The summed E-state index contributed by atoms with van der Waals surface area (Å²) < 4.78 is 59.0. The molecule has 0 amide bonds. The molecule has 0 fully saturated rings. The van der Waals surface area contributed by atoms with Gasteiger partial charge in [-0.25, -0.2) is 15.0 Å². The van der Waals surface area contributed by atoms with Crippen molar-refractivity contribution in [1.29, 1.82) is 0 Å². The summed E-state index contributed by atoms with van der Waals surface area (Å²) in [7, 11) is 1.53. The predicted molar refractivity (Wildman–Crippen MR) is 118 cm³/mol. The lowest BCUT2D eigenvalue weighted by Gasteiger charge is -2.18. The van der Waals surface area contributed by atoms with Gasteiger partial charge in [-0.2, -0.15) is 13.2 Å². The molecule has 0 radical (unpaired) electrons. The lowest BCUT2D eigenvalue weighted by atomic mass is 10.3. The van der Waals surface area contributed by atoms with Crippen molar-refractivity contribution < 1.29 is 27.4 Å². The zero-order valence-corrected chi connectivity index (χ0v) is 19.3. The molecule has 1 atom stereocenters. The average Bonchev–Trinajstić information content (AvgIpc) is 3.15. The van der Waals surface area contributed by atoms with Gasteiger partial charge in [0.15, 0.2) is 29.6 Å². The van der Waals surface area contributed by atoms with E-state index >= 15 is 0 Å². The third-order valence-corrected chi connectivity index (χ3v) is 5.51. The molecule has 34 heavy (non-hydrogen) atoms. The van der Waals surface area contributed by atoms with Gasteiger partial charge >= 0.3 is 6.18 Å². The number of nitrogens with zero attached hydrogens (tertiary/aromatic N) is 6.